The van der Waals surface area contributed by atoms with E-state index in [1.54, 1.807) is 6.07 Å². The quantitative estimate of drug-likeness (QED) is 0.751. The van der Waals surface area contributed by atoms with Crippen molar-refractivity contribution in [1.29, 1.82) is 0 Å². The number of hydrogen-bond acceptors (Lipinski definition) is 2. The first-order valence-corrected chi connectivity index (χ1v) is 5.10. The molecule has 76 valence electrons. The molecular weight excluding hydrogens is 174 g/mol. The highest BCUT2D eigenvalue weighted by molar-refractivity contribution is 5.50. The van der Waals surface area contributed by atoms with Gasteiger partial charge in [-0.05, 0) is 43.9 Å². The van der Waals surface area contributed by atoms with Crippen molar-refractivity contribution in [2.75, 3.05) is 6.54 Å². The first-order chi connectivity index (χ1) is 6.60. The van der Waals surface area contributed by atoms with E-state index in [1.165, 1.54) is 11.1 Å². The first kappa shape index (κ1) is 9.53. The first-order valence-electron chi connectivity index (χ1n) is 5.10. The van der Waals surface area contributed by atoms with Crippen LogP contribution in [0.1, 0.15) is 29.5 Å². The molecule has 1 aromatic rings. The molecule has 1 aliphatic rings. The van der Waals surface area contributed by atoms with E-state index in [2.05, 4.69) is 13.8 Å². The molecule has 0 atom stereocenters. The molecule has 0 saturated heterocycles. The van der Waals surface area contributed by atoms with Gasteiger partial charge in [-0.25, -0.2) is 0 Å². The lowest BCUT2D eigenvalue weighted by atomic mass is 9.89. The second kappa shape index (κ2) is 2.99. The predicted octanol–water partition coefficient (Wildman–Crippen LogP) is 2.00. The summed E-state index contributed by atoms with van der Waals surface area (Å²) in [6.45, 7) is 4.79. The summed E-state index contributed by atoms with van der Waals surface area (Å²) in [5.74, 6) is 0.413. The van der Waals surface area contributed by atoms with Crippen molar-refractivity contribution >= 4 is 0 Å². The zero-order valence-electron chi connectivity index (χ0n) is 8.80. The molecule has 0 heterocycles. The van der Waals surface area contributed by atoms with Gasteiger partial charge in [0.05, 0.1) is 0 Å². The van der Waals surface area contributed by atoms with Crippen LogP contribution < -0.4 is 5.73 Å². The van der Waals surface area contributed by atoms with Crippen molar-refractivity contribution < 1.29 is 5.11 Å². The molecule has 2 heteroatoms. The Bertz CT molecular complexity index is 367. The molecule has 0 bridgehead atoms. The normalized spacial score (nSPS) is 18.2. The van der Waals surface area contributed by atoms with Crippen LogP contribution >= 0.6 is 0 Å². The van der Waals surface area contributed by atoms with Crippen LogP contribution in [-0.2, 0) is 5.41 Å². The maximum Gasteiger partial charge on any atom is 0.119 e. The standard InChI is InChI=1S/C12H17NO/c1-8-3-4-10(14)11(9(8)2)12(7-13)5-6-12/h3-4,14H,5-7,13H2,1-2H3. The summed E-state index contributed by atoms with van der Waals surface area (Å²) >= 11 is 0. The number of benzene rings is 1. The van der Waals surface area contributed by atoms with E-state index in [0.29, 0.717) is 12.3 Å². The molecule has 14 heavy (non-hydrogen) atoms. The van der Waals surface area contributed by atoms with Crippen LogP contribution in [0.15, 0.2) is 12.1 Å². The van der Waals surface area contributed by atoms with Crippen molar-refractivity contribution in [3.8, 4) is 5.75 Å². The van der Waals surface area contributed by atoms with Gasteiger partial charge in [-0.1, -0.05) is 6.07 Å². The molecule has 0 unspecified atom stereocenters. The predicted molar refractivity (Wildman–Crippen MR) is 57.5 cm³/mol. The van der Waals surface area contributed by atoms with E-state index in [4.69, 9.17) is 5.73 Å². The third kappa shape index (κ3) is 1.22. The average Bonchev–Trinajstić information content (AvgIpc) is 2.93. The number of aryl methyl sites for hydroxylation is 1. The summed E-state index contributed by atoms with van der Waals surface area (Å²) in [5, 5.41) is 9.87. The summed E-state index contributed by atoms with van der Waals surface area (Å²) in [4.78, 5) is 0. The molecule has 3 N–H and O–H groups in total. The van der Waals surface area contributed by atoms with Gasteiger partial charge in [-0.3, -0.25) is 0 Å². The summed E-state index contributed by atoms with van der Waals surface area (Å²) in [5.41, 5.74) is 9.38. The maximum absolute atomic E-state index is 9.87. The van der Waals surface area contributed by atoms with E-state index in [-0.39, 0.29) is 5.41 Å². The molecule has 0 spiro atoms. The summed E-state index contributed by atoms with van der Waals surface area (Å²) in [7, 11) is 0. The van der Waals surface area contributed by atoms with Crippen molar-refractivity contribution in [3.63, 3.8) is 0 Å². The van der Waals surface area contributed by atoms with Gasteiger partial charge in [0, 0.05) is 17.5 Å². The lowest BCUT2D eigenvalue weighted by molar-refractivity contribution is 0.457. The Labute approximate surface area is 84.7 Å². The highest BCUT2D eigenvalue weighted by atomic mass is 16.3. The minimum atomic E-state index is 0.0835. The van der Waals surface area contributed by atoms with Crippen LogP contribution in [0.25, 0.3) is 0 Å². The summed E-state index contributed by atoms with van der Waals surface area (Å²) in [6, 6.07) is 3.74. The zero-order chi connectivity index (χ0) is 10.3. The largest absolute Gasteiger partial charge is 0.508 e. The van der Waals surface area contributed by atoms with Crippen LogP contribution in [-0.4, -0.2) is 11.7 Å². The zero-order valence-corrected chi connectivity index (χ0v) is 8.80. The molecule has 1 fully saturated rings. The second-order valence-corrected chi connectivity index (χ2v) is 4.39. The Balaban J connectivity index is 2.57. The van der Waals surface area contributed by atoms with Crippen LogP contribution in [0.2, 0.25) is 0 Å². The molecule has 1 aromatic carbocycles. The fourth-order valence-electron chi connectivity index (χ4n) is 2.18. The monoisotopic (exact) mass is 191 g/mol. The molecule has 1 aliphatic carbocycles. The van der Waals surface area contributed by atoms with E-state index >= 15 is 0 Å². The van der Waals surface area contributed by atoms with Crippen LogP contribution in [0.5, 0.6) is 5.75 Å². The molecule has 2 rings (SSSR count). The minimum absolute atomic E-state index is 0.0835. The van der Waals surface area contributed by atoms with Gasteiger partial charge in [-0.2, -0.15) is 0 Å². The number of phenolic OH excluding ortho intramolecular Hbond substituents is 1. The van der Waals surface area contributed by atoms with E-state index in [9.17, 15) is 5.11 Å². The smallest absolute Gasteiger partial charge is 0.119 e. The highest BCUT2D eigenvalue weighted by Gasteiger charge is 2.45. The van der Waals surface area contributed by atoms with E-state index in [1.807, 2.05) is 6.07 Å². The van der Waals surface area contributed by atoms with E-state index < -0.39 is 0 Å². The number of phenols is 1. The molecule has 0 amide bonds. The van der Waals surface area contributed by atoms with Gasteiger partial charge >= 0.3 is 0 Å². The number of hydrogen-bond donors (Lipinski definition) is 2. The molecule has 0 radical (unpaired) electrons. The van der Waals surface area contributed by atoms with Crippen LogP contribution in [0.4, 0.5) is 0 Å². The number of nitrogens with two attached hydrogens (primary N) is 1. The molecule has 1 saturated carbocycles. The Morgan fingerprint density at radius 2 is 2.00 bits per heavy atom. The van der Waals surface area contributed by atoms with Gasteiger partial charge < -0.3 is 10.8 Å². The van der Waals surface area contributed by atoms with Gasteiger partial charge in [0.15, 0.2) is 0 Å². The van der Waals surface area contributed by atoms with Crippen LogP contribution in [0.3, 0.4) is 0 Å². The lowest BCUT2D eigenvalue weighted by Gasteiger charge is -2.19. The third-order valence-electron chi connectivity index (χ3n) is 3.49. The van der Waals surface area contributed by atoms with Crippen LogP contribution in [0, 0.1) is 13.8 Å². The summed E-state index contributed by atoms with van der Waals surface area (Å²) < 4.78 is 0. The van der Waals surface area contributed by atoms with Crippen molar-refractivity contribution in [3.05, 3.63) is 28.8 Å². The Hall–Kier alpha value is -1.02. The maximum atomic E-state index is 9.87. The van der Waals surface area contributed by atoms with Gasteiger partial charge in [-0.15, -0.1) is 0 Å². The fourth-order valence-corrected chi connectivity index (χ4v) is 2.18. The topological polar surface area (TPSA) is 46.2 Å². The highest BCUT2D eigenvalue weighted by Crippen LogP contribution is 2.51. The van der Waals surface area contributed by atoms with Crippen molar-refractivity contribution in [2.45, 2.75) is 32.1 Å². The Kier molecular flexibility index (Phi) is 2.04. The molecule has 0 aromatic heterocycles. The molecule has 0 aliphatic heterocycles. The van der Waals surface area contributed by atoms with E-state index in [0.717, 1.165) is 18.4 Å². The van der Waals surface area contributed by atoms with Gasteiger partial charge in [0.1, 0.15) is 5.75 Å². The fraction of sp³-hybridized carbons (Fsp3) is 0.500. The molecular formula is C12H17NO. The molecule has 2 nitrogen and oxygen atoms in total. The minimum Gasteiger partial charge on any atom is -0.508 e. The third-order valence-corrected chi connectivity index (χ3v) is 3.49. The SMILES string of the molecule is Cc1ccc(O)c(C2(CN)CC2)c1C. The summed E-state index contributed by atoms with van der Waals surface area (Å²) in [6.07, 6.45) is 2.22. The number of rotatable bonds is 2. The Morgan fingerprint density at radius 1 is 1.36 bits per heavy atom. The second-order valence-electron chi connectivity index (χ2n) is 4.39. The Morgan fingerprint density at radius 3 is 2.50 bits per heavy atom. The van der Waals surface area contributed by atoms with Crippen molar-refractivity contribution in [1.82, 2.24) is 0 Å². The average molecular weight is 191 g/mol. The van der Waals surface area contributed by atoms with Crippen molar-refractivity contribution in [2.24, 2.45) is 5.73 Å². The van der Waals surface area contributed by atoms with Gasteiger partial charge in [0.25, 0.3) is 0 Å². The lowest BCUT2D eigenvalue weighted by Crippen LogP contribution is -2.21. The number of aromatic hydroxyl groups is 1. The van der Waals surface area contributed by atoms with Gasteiger partial charge in [0.2, 0.25) is 0 Å².